The van der Waals surface area contributed by atoms with Crippen LogP contribution in [0.3, 0.4) is 0 Å². The van der Waals surface area contributed by atoms with Gasteiger partial charge in [0, 0.05) is 13.1 Å². The molecule has 164 valence electrons. The van der Waals surface area contributed by atoms with Crippen LogP contribution in [0.4, 0.5) is 4.79 Å². The number of amides is 1. The molecule has 0 unspecified atom stereocenters. The van der Waals surface area contributed by atoms with Crippen molar-refractivity contribution in [1.29, 1.82) is 0 Å². The van der Waals surface area contributed by atoms with Crippen molar-refractivity contribution in [3.8, 4) is 0 Å². The summed E-state index contributed by atoms with van der Waals surface area (Å²) in [4.78, 5) is 25.5. The number of likely N-dealkylation sites (tertiary alicyclic amines) is 1. The van der Waals surface area contributed by atoms with Crippen LogP contribution < -0.4 is 0 Å². The van der Waals surface area contributed by atoms with E-state index in [1.54, 1.807) is 11.8 Å². The molecule has 0 atom stereocenters. The zero-order valence-electron chi connectivity index (χ0n) is 18.4. The molecule has 5 nitrogen and oxygen atoms in total. The maximum absolute atomic E-state index is 12.1. The molecule has 1 aliphatic rings. The summed E-state index contributed by atoms with van der Waals surface area (Å²) in [6, 6.07) is 0. The van der Waals surface area contributed by atoms with Gasteiger partial charge in [-0.1, -0.05) is 77.6 Å². The molecule has 0 aliphatic carbocycles. The van der Waals surface area contributed by atoms with Crippen molar-refractivity contribution in [3.63, 3.8) is 0 Å². The Morgan fingerprint density at radius 3 is 1.75 bits per heavy atom. The molecule has 1 heterocycles. The lowest BCUT2D eigenvalue weighted by molar-refractivity contribution is -0.150. The molecule has 0 radical (unpaired) electrons. The molecule has 5 heteroatoms. The van der Waals surface area contributed by atoms with Gasteiger partial charge in [-0.3, -0.25) is 4.79 Å². The fourth-order valence-corrected chi connectivity index (χ4v) is 3.75. The Balaban J connectivity index is 1.90. The number of piperidine rings is 1. The van der Waals surface area contributed by atoms with Crippen molar-refractivity contribution in [2.45, 2.75) is 104 Å². The summed E-state index contributed by atoms with van der Waals surface area (Å²) in [7, 11) is 0. The normalized spacial score (nSPS) is 14.9. The Labute approximate surface area is 172 Å². The highest BCUT2D eigenvalue weighted by atomic mass is 16.6. The second-order valence-corrected chi connectivity index (χ2v) is 8.02. The topological polar surface area (TPSA) is 55.8 Å². The summed E-state index contributed by atoms with van der Waals surface area (Å²) in [6.07, 6.45) is 16.7. The number of unbranched alkanes of at least 4 members (excludes halogenated alkanes) is 11. The minimum Gasteiger partial charge on any atom is -0.465 e. The van der Waals surface area contributed by atoms with Crippen LogP contribution in [0.1, 0.15) is 104 Å². The van der Waals surface area contributed by atoms with E-state index < -0.39 is 0 Å². The lowest BCUT2D eigenvalue weighted by Crippen LogP contribution is -2.41. The standard InChI is InChI=1S/C23H43NO4/c1-3-5-6-7-8-9-10-11-12-13-14-15-20-28-22(25)21-16-18-24(19-17-21)23(26)27-4-2/h21H,3-20H2,1-2H3. The Morgan fingerprint density at radius 2 is 1.25 bits per heavy atom. The summed E-state index contributed by atoms with van der Waals surface area (Å²) >= 11 is 0. The van der Waals surface area contributed by atoms with Crippen molar-refractivity contribution in [2.75, 3.05) is 26.3 Å². The van der Waals surface area contributed by atoms with E-state index in [1.165, 1.54) is 64.2 Å². The highest BCUT2D eigenvalue weighted by molar-refractivity contribution is 5.73. The average molecular weight is 398 g/mol. The van der Waals surface area contributed by atoms with E-state index in [0.29, 0.717) is 39.1 Å². The van der Waals surface area contributed by atoms with Crippen molar-refractivity contribution >= 4 is 12.1 Å². The molecule has 1 aliphatic heterocycles. The molecular formula is C23H43NO4. The average Bonchev–Trinajstić information content (AvgIpc) is 2.71. The van der Waals surface area contributed by atoms with Gasteiger partial charge in [0.15, 0.2) is 0 Å². The van der Waals surface area contributed by atoms with E-state index in [1.807, 2.05) is 0 Å². The van der Waals surface area contributed by atoms with Gasteiger partial charge in [0.2, 0.25) is 0 Å². The molecule has 1 rings (SSSR count). The molecule has 0 saturated carbocycles. The Hall–Kier alpha value is -1.26. The first-order valence-corrected chi connectivity index (χ1v) is 11.8. The Kier molecular flexibility index (Phi) is 14.8. The summed E-state index contributed by atoms with van der Waals surface area (Å²) in [6.45, 7) is 6.15. The van der Waals surface area contributed by atoms with Crippen LogP contribution in [-0.4, -0.2) is 43.3 Å². The van der Waals surface area contributed by atoms with Gasteiger partial charge in [-0.15, -0.1) is 0 Å². The minimum absolute atomic E-state index is 0.0667. The third-order valence-corrected chi connectivity index (χ3v) is 5.60. The zero-order chi connectivity index (χ0) is 20.5. The maximum atomic E-state index is 12.1. The highest BCUT2D eigenvalue weighted by Gasteiger charge is 2.28. The molecule has 1 saturated heterocycles. The molecule has 0 aromatic rings. The number of hydrogen-bond acceptors (Lipinski definition) is 4. The van der Waals surface area contributed by atoms with Crippen LogP contribution in [0.5, 0.6) is 0 Å². The van der Waals surface area contributed by atoms with Crippen LogP contribution in [-0.2, 0) is 14.3 Å². The molecular weight excluding hydrogens is 354 g/mol. The zero-order valence-corrected chi connectivity index (χ0v) is 18.4. The van der Waals surface area contributed by atoms with Gasteiger partial charge in [-0.05, 0) is 26.2 Å². The van der Waals surface area contributed by atoms with Gasteiger partial charge in [0.25, 0.3) is 0 Å². The first-order valence-electron chi connectivity index (χ1n) is 11.8. The van der Waals surface area contributed by atoms with Crippen molar-refractivity contribution in [2.24, 2.45) is 5.92 Å². The molecule has 1 fully saturated rings. The summed E-state index contributed by atoms with van der Waals surface area (Å²) in [5, 5.41) is 0. The molecule has 28 heavy (non-hydrogen) atoms. The fourth-order valence-electron chi connectivity index (χ4n) is 3.75. The lowest BCUT2D eigenvalue weighted by Gasteiger charge is -2.30. The van der Waals surface area contributed by atoms with Gasteiger partial charge in [0.1, 0.15) is 0 Å². The maximum Gasteiger partial charge on any atom is 0.409 e. The lowest BCUT2D eigenvalue weighted by atomic mass is 9.97. The van der Waals surface area contributed by atoms with Gasteiger partial charge in [-0.2, -0.15) is 0 Å². The van der Waals surface area contributed by atoms with E-state index in [9.17, 15) is 9.59 Å². The predicted molar refractivity (Wildman–Crippen MR) is 113 cm³/mol. The number of carbonyl (C=O) groups is 2. The number of hydrogen-bond donors (Lipinski definition) is 0. The summed E-state index contributed by atoms with van der Waals surface area (Å²) < 4.78 is 10.4. The molecule has 0 bridgehead atoms. The van der Waals surface area contributed by atoms with Crippen LogP contribution >= 0.6 is 0 Å². The molecule has 0 aromatic heterocycles. The fraction of sp³-hybridized carbons (Fsp3) is 0.913. The monoisotopic (exact) mass is 397 g/mol. The number of rotatable bonds is 15. The summed E-state index contributed by atoms with van der Waals surface area (Å²) in [5.41, 5.74) is 0. The van der Waals surface area contributed by atoms with Crippen LogP contribution in [0.15, 0.2) is 0 Å². The molecule has 0 N–H and O–H groups in total. The molecule has 1 amide bonds. The third kappa shape index (κ3) is 11.6. The predicted octanol–water partition coefficient (Wildman–Crippen LogP) is 6.10. The second-order valence-electron chi connectivity index (χ2n) is 8.02. The number of ether oxygens (including phenoxy) is 2. The van der Waals surface area contributed by atoms with Gasteiger partial charge in [-0.25, -0.2) is 4.79 Å². The van der Waals surface area contributed by atoms with Crippen LogP contribution in [0, 0.1) is 5.92 Å². The SMILES string of the molecule is CCCCCCCCCCCCCCOC(=O)C1CCN(C(=O)OCC)CC1. The quantitative estimate of drug-likeness (QED) is 0.247. The first-order chi connectivity index (χ1) is 13.7. The largest absolute Gasteiger partial charge is 0.465 e. The Bertz CT molecular complexity index is 405. The van der Waals surface area contributed by atoms with E-state index in [4.69, 9.17) is 9.47 Å². The molecule has 0 aromatic carbocycles. The van der Waals surface area contributed by atoms with Gasteiger partial charge >= 0.3 is 12.1 Å². The van der Waals surface area contributed by atoms with E-state index >= 15 is 0 Å². The number of nitrogens with zero attached hydrogens (tertiary/aromatic N) is 1. The van der Waals surface area contributed by atoms with Crippen molar-refractivity contribution < 1.29 is 19.1 Å². The van der Waals surface area contributed by atoms with E-state index in [-0.39, 0.29) is 18.0 Å². The Morgan fingerprint density at radius 1 is 0.750 bits per heavy atom. The first kappa shape index (κ1) is 24.8. The minimum atomic E-state index is -0.272. The summed E-state index contributed by atoms with van der Waals surface area (Å²) in [5.74, 6) is -0.158. The van der Waals surface area contributed by atoms with Gasteiger partial charge < -0.3 is 14.4 Å². The molecule has 0 spiro atoms. The third-order valence-electron chi connectivity index (χ3n) is 5.60. The number of carbonyl (C=O) groups excluding carboxylic acids is 2. The smallest absolute Gasteiger partial charge is 0.409 e. The van der Waals surface area contributed by atoms with Crippen LogP contribution in [0.25, 0.3) is 0 Å². The van der Waals surface area contributed by atoms with Crippen molar-refractivity contribution in [1.82, 2.24) is 4.90 Å². The van der Waals surface area contributed by atoms with Crippen molar-refractivity contribution in [3.05, 3.63) is 0 Å². The second kappa shape index (κ2) is 16.7. The van der Waals surface area contributed by atoms with Crippen LogP contribution in [0.2, 0.25) is 0 Å². The highest BCUT2D eigenvalue weighted by Crippen LogP contribution is 2.19. The van der Waals surface area contributed by atoms with E-state index in [2.05, 4.69) is 6.92 Å². The van der Waals surface area contributed by atoms with Gasteiger partial charge in [0.05, 0.1) is 19.1 Å². The van der Waals surface area contributed by atoms with E-state index in [0.717, 1.165) is 12.8 Å². The number of esters is 1.